The van der Waals surface area contributed by atoms with Crippen molar-refractivity contribution in [2.24, 2.45) is 5.73 Å². The van der Waals surface area contributed by atoms with Crippen molar-refractivity contribution in [3.05, 3.63) is 35.9 Å². The highest BCUT2D eigenvalue weighted by Gasteiger charge is 1.94. The van der Waals surface area contributed by atoms with Crippen molar-refractivity contribution in [1.29, 1.82) is 0 Å². The van der Waals surface area contributed by atoms with Gasteiger partial charge >= 0.3 is 0 Å². The molecule has 0 atom stereocenters. The number of hydrogen-bond acceptors (Lipinski definition) is 1. The van der Waals surface area contributed by atoms with Gasteiger partial charge in [0, 0.05) is 0 Å². The van der Waals surface area contributed by atoms with Crippen LogP contribution in [0.25, 0.3) is 0 Å². The fourth-order valence-electron chi connectivity index (χ4n) is 2.71. The van der Waals surface area contributed by atoms with Gasteiger partial charge in [-0.05, 0) is 31.4 Å². The fraction of sp³-hybridized carbons (Fsp3) is 0.684. The molecule has 2 N–H and O–H groups in total. The van der Waals surface area contributed by atoms with E-state index < -0.39 is 0 Å². The van der Waals surface area contributed by atoms with E-state index in [0.717, 1.165) is 6.54 Å². The van der Waals surface area contributed by atoms with Crippen LogP contribution in [0.1, 0.15) is 76.2 Å². The number of benzene rings is 1. The van der Waals surface area contributed by atoms with Crippen molar-refractivity contribution in [1.82, 2.24) is 0 Å². The van der Waals surface area contributed by atoms with Gasteiger partial charge in [0.1, 0.15) is 0 Å². The van der Waals surface area contributed by atoms with E-state index >= 15 is 0 Å². The predicted octanol–water partition coefficient (Wildman–Crippen LogP) is 5.48. The van der Waals surface area contributed by atoms with Crippen molar-refractivity contribution < 1.29 is 0 Å². The van der Waals surface area contributed by atoms with Crippen LogP contribution in [0.3, 0.4) is 0 Å². The van der Waals surface area contributed by atoms with Gasteiger partial charge in [0.25, 0.3) is 0 Å². The molecule has 0 aromatic heterocycles. The molecule has 1 nitrogen and oxygen atoms in total. The van der Waals surface area contributed by atoms with Crippen molar-refractivity contribution in [3.63, 3.8) is 0 Å². The van der Waals surface area contributed by atoms with E-state index in [1.807, 2.05) is 0 Å². The number of nitrogens with two attached hydrogens (primary N) is 1. The van der Waals surface area contributed by atoms with E-state index in [1.165, 1.54) is 82.6 Å². The lowest BCUT2D eigenvalue weighted by molar-refractivity contribution is 0.546. The van der Waals surface area contributed by atoms with Gasteiger partial charge in [0.15, 0.2) is 0 Å². The van der Waals surface area contributed by atoms with Crippen molar-refractivity contribution in [2.75, 3.05) is 6.54 Å². The highest BCUT2D eigenvalue weighted by molar-refractivity contribution is 5.14. The zero-order chi connectivity index (χ0) is 14.3. The third-order valence-corrected chi connectivity index (χ3v) is 4.01. The molecule has 1 rings (SSSR count). The maximum atomic E-state index is 5.49. The summed E-state index contributed by atoms with van der Waals surface area (Å²) in [6.07, 6.45) is 16.5. The highest BCUT2D eigenvalue weighted by atomic mass is 14.5. The molecule has 1 aromatic carbocycles. The summed E-state index contributed by atoms with van der Waals surface area (Å²) in [4.78, 5) is 0. The lowest BCUT2D eigenvalue weighted by Gasteiger charge is -2.03. The van der Waals surface area contributed by atoms with Gasteiger partial charge in [0.05, 0.1) is 0 Å². The van der Waals surface area contributed by atoms with Crippen molar-refractivity contribution in [3.8, 4) is 0 Å². The number of unbranched alkanes of at least 4 members (excludes halogenated alkanes) is 10. The summed E-state index contributed by atoms with van der Waals surface area (Å²) in [6.45, 7) is 0.864. The predicted molar refractivity (Wildman–Crippen MR) is 90.0 cm³/mol. The van der Waals surface area contributed by atoms with E-state index in [1.54, 1.807) is 0 Å². The van der Waals surface area contributed by atoms with Crippen LogP contribution in [-0.2, 0) is 6.42 Å². The van der Waals surface area contributed by atoms with E-state index in [-0.39, 0.29) is 0 Å². The average Bonchev–Trinajstić information content (AvgIpc) is 2.49. The van der Waals surface area contributed by atoms with Crippen molar-refractivity contribution >= 4 is 0 Å². The van der Waals surface area contributed by atoms with Crippen LogP contribution in [0.5, 0.6) is 0 Å². The van der Waals surface area contributed by atoms with Crippen LogP contribution < -0.4 is 5.73 Å². The van der Waals surface area contributed by atoms with Gasteiger partial charge in [0.2, 0.25) is 0 Å². The molecule has 0 spiro atoms. The Kier molecular flexibility index (Phi) is 11.4. The molecule has 0 heterocycles. The number of aryl methyl sites for hydroxylation is 1. The summed E-state index contributed by atoms with van der Waals surface area (Å²) in [5.41, 5.74) is 6.98. The smallest absolute Gasteiger partial charge is 0.00773 e. The second-order valence-electron chi connectivity index (χ2n) is 5.91. The maximum absolute atomic E-state index is 5.49. The number of hydrogen-bond donors (Lipinski definition) is 1. The molecule has 0 amide bonds. The van der Waals surface area contributed by atoms with Crippen LogP contribution in [0.2, 0.25) is 0 Å². The Morgan fingerprint density at radius 3 is 1.50 bits per heavy atom. The lowest BCUT2D eigenvalue weighted by atomic mass is 10.0. The topological polar surface area (TPSA) is 26.0 Å². The molecule has 0 unspecified atom stereocenters. The van der Waals surface area contributed by atoms with Gasteiger partial charge in [-0.3, -0.25) is 0 Å². The van der Waals surface area contributed by atoms with Gasteiger partial charge in [-0.25, -0.2) is 0 Å². The molecule has 0 saturated carbocycles. The molecule has 0 aliphatic rings. The SMILES string of the molecule is NCCCCCCCCCCCCCc1ccccc1. The van der Waals surface area contributed by atoms with Gasteiger partial charge < -0.3 is 5.73 Å². The molecular formula is C19H33N. The normalized spacial score (nSPS) is 10.8. The maximum Gasteiger partial charge on any atom is -0.00773 e. The molecule has 0 fully saturated rings. The summed E-state index contributed by atoms with van der Waals surface area (Å²) in [6, 6.07) is 10.9. The molecule has 0 aliphatic carbocycles. The van der Waals surface area contributed by atoms with Crippen LogP contribution >= 0.6 is 0 Å². The molecule has 0 aliphatic heterocycles. The largest absolute Gasteiger partial charge is 0.330 e. The van der Waals surface area contributed by atoms with E-state index in [4.69, 9.17) is 5.73 Å². The average molecular weight is 275 g/mol. The summed E-state index contributed by atoms with van der Waals surface area (Å²) in [5, 5.41) is 0. The minimum absolute atomic E-state index is 0.864. The minimum atomic E-state index is 0.864. The zero-order valence-electron chi connectivity index (χ0n) is 13.2. The third kappa shape index (κ3) is 10.0. The second-order valence-corrected chi connectivity index (χ2v) is 5.91. The number of rotatable bonds is 13. The summed E-state index contributed by atoms with van der Waals surface area (Å²) >= 11 is 0. The van der Waals surface area contributed by atoms with E-state index in [0.29, 0.717) is 0 Å². The first-order valence-electron chi connectivity index (χ1n) is 8.67. The quantitative estimate of drug-likeness (QED) is 0.474. The Morgan fingerprint density at radius 1 is 0.550 bits per heavy atom. The van der Waals surface area contributed by atoms with E-state index in [9.17, 15) is 0 Å². The standard InChI is InChI=1S/C19H33N/c20-18-14-9-7-5-3-1-2-4-6-8-11-15-19-16-12-10-13-17-19/h10,12-13,16-17H,1-9,11,14-15,18,20H2. The molecule has 0 radical (unpaired) electrons. The molecule has 1 heteroatoms. The molecule has 114 valence electrons. The first-order chi connectivity index (χ1) is 9.93. The Bertz CT molecular complexity index is 294. The van der Waals surface area contributed by atoms with Crippen LogP contribution in [-0.4, -0.2) is 6.54 Å². The minimum Gasteiger partial charge on any atom is -0.330 e. The van der Waals surface area contributed by atoms with Gasteiger partial charge in [-0.15, -0.1) is 0 Å². The summed E-state index contributed by atoms with van der Waals surface area (Å²) in [5.74, 6) is 0. The Morgan fingerprint density at radius 2 is 1.00 bits per heavy atom. The van der Waals surface area contributed by atoms with Crippen LogP contribution in [0.4, 0.5) is 0 Å². The summed E-state index contributed by atoms with van der Waals surface area (Å²) in [7, 11) is 0. The zero-order valence-corrected chi connectivity index (χ0v) is 13.2. The van der Waals surface area contributed by atoms with Crippen LogP contribution in [0.15, 0.2) is 30.3 Å². The molecule has 0 bridgehead atoms. The van der Waals surface area contributed by atoms with Gasteiger partial charge in [-0.1, -0.05) is 88.1 Å². The summed E-state index contributed by atoms with van der Waals surface area (Å²) < 4.78 is 0. The third-order valence-electron chi connectivity index (χ3n) is 4.01. The molecular weight excluding hydrogens is 242 g/mol. The first-order valence-corrected chi connectivity index (χ1v) is 8.67. The van der Waals surface area contributed by atoms with Crippen LogP contribution in [0, 0.1) is 0 Å². The second kappa shape index (κ2) is 13.2. The molecule has 20 heavy (non-hydrogen) atoms. The van der Waals surface area contributed by atoms with Gasteiger partial charge in [-0.2, -0.15) is 0 Å². The fourth-order valence-corrected chi connectivity index (χ4v) is 2.71. The first kappa shape index (κ1) is 17.2. The Hall–Kier alpha value is -0.820. The molecule has 1 aromatic rings. The Balaban J connectivity index is 1.77. The van der Waals surface area contributed by atoms with E-state index in [2.05, 4.69) is 30.3 Å². The lowest BCUT2D eigenvalue weighted by Crippen LogP contribution is -1.97. The van der Waals surface area contributed by atoms with Crippen molar-refractivity contribution in [2.45, 2.75) is 77.0 Å². The Labute approximate surface area is 126 Å². The monoisotopic (exact) mass is 275 g/mol. The highest BCUT2D eigenvalue weighted by Crippen LogP contribution is 2.12. The molecule has 0 saturated heterocycles.